The first-order valence-electron chi connectivity index (χ1n) is 4.81. The highest BCUT2D eigenvalue weighted by atomic mass is 32.1. The Morgan fingerprint density at radius 3 is 1.73 bits per heavy atom. The maximum Gasteiger partial charge on any atom is 0.0766 e. The first kappa shape index (κ1) is 12.7. The number of nitrogens with two attached hydrogens (primary N) is 3. The Hall–Kier alpha value is -0.330. The molecular weight excluding hydrogens is 246 g/mol. The van der Waals surface area contributed by atoms with E-state index in [1.165, 1.54) is 0 Å². The molecule has 84 valence electrons. The predicted octanol–water partition coefficient (Wildman–Crippen LogP) is 0.877. The van der Waals surface area contributed by atoms with Crippen LogP contribution in [-0.4, -0.2) is 15.0 Å². The third-order valence-electron chi connectivity index (χ3n) is 2.98. The summed E-state index contributed by atoms with van der Waals surface area (Å²) in [5.41, 5.74) is 17.0. The van der Waals surface area contributed by atoms with Crippen molar-refractivity contribution in [2.75, 3.05) is 0 Å². The van der Waals surface area contributed by atoms with Crippen LogP contribution in [0.4, 0.5) is 0 Å². The van der Waals surface area contributed by atoms with Crippen LogP contribution in [0.1, 0.15) is 19.3 Å². The van der Waals surface area contributed by atoms with Gasteiger partial charge in [-0.25, -0.2) is 0 Å². The van der Waals surface area contributed by atoms with E-state index in [-0.39, 0.29) is 17.8 Å². The van der Waals surface area contributed by atoms with Gasteiger partial charge in [-0.15, -0.1) is 0 Å². The molecule has 0 aliphatic heterocycles. The van der Waals surface area contributed by atoms with E-state index in [1.807, 2.05) is 0 Å². The Labute approximate surface area is 106 Å². The first-order valence-corrected chi connectivity index (χ1v) is 6.04. The zero-order valence-electron chi connectivity index (χ0n) is 8.31. The lowest BCUT2D eigenvalue weighted by Gasteiger charge is -2.34. The minimum absolute atomic E-state index is 0.0535. The molecule has 3 atom stereocenters. The van der Waals surface area contributed by atoms with Crippen LogP contribution in [0.2, 0.25) is 0 Å². The van der Waals surface area contributed by atoms with Crippen LogP contribution in [0.3, 0.4) is 0 Å². The van der Waals surface area contributed by atoms with Gasteiger partial charge >= 0.3 is 0 Å². The SMILES string of the molecule is NC(=S)C1CCC(C(N)=S)C(C(N)=S)C1. The molecule has 15 heavy (non-hydrogen) atoms. The Kier molecular flexibility index (Phi) is 4.36. The smallest absolute Gasteiger partial charge is 0.0766 e. The van der Waals surface area contributed by atoms with Crippen molar-refractivity contribution in [1.29, 1.82) is 0 Å². The van der Waals surface area contributed by atoms with Gasteiger partial charge in [0.25, 0.3) is 0 Å². The molecule has 0 aromatic heterocycles. The molecule has 0 bridgehead atoms. The summed E-state index contributed by atoms with van der Waals surface area (Å²) >= 11 is 15.0. The van der Waals surface area contributed by atoms with Gasteiger partial charge in [0.2, 0.25) is 0 Å². The van der Waals surface area contributed by atoms with E-state index in [2.05, 4.69) is 0 Å². The predicted molar refractivity (Wildman–Crippen MR) is 74.7 cm³/mol. The summed E-state index contributed by atoms with van der Waals surface area (Å²) in [6, 6.07) is 0. The summed E-state index contributed by atoms with van der Waals surface area (Å²) in [5.74, 6) is 0.387. The molecule has 0 aromatic carbocycles. The van der Waals surface area contributed by atoms with Gasteiger partial charge in [0.1, 0.15) is 0 Å². The molecule has 0 saturated heterocycles. The lowest BCUT2D eigenvalue weighted by atomic mass is 9.74. The largest absolute Gasteiger partial charge is 0.393 e. The van der Waals surface area contributed by atoms with Gasteiger partial charge in [-0.2, -0.15) is 0 Å². The molecule has 1 fully saturated rings. The van der Waals surface area contributed by atoms with Crippen LogP contribution in [-0.2, 0) is 0 Å². The van der Waals surface area contributed by atoms with E-state index in [4.69, 9.17) is 53.9 Å². The van der Waals surface area contributed by atoms with Gasteiger partial charge in [0, 0.05) is 17.8 Å². The molecule has 1 aliphatic carbocycles. The van der Waals surface area contributed by atoms with E-state index in [9.17, 15) is 0 Å². The lowest BCUT2D eigenvalue weighted by molar-refractivity contribution is 0.335. The molecule has 0 radical (unpaired) electrons. The van der Waals surface area contributed by atoms with E-state index in [0.29, 0.717) is 15.0 Å². The average molecular weight is 261 g/mol. The average Bonchev–Trinajstić information content (AvgIpc) is 2.16. The highest BCUT2D eigenvalue weighted by Gasteiger charge is 2.34. The maximum absolute atomic E-state index is 5.69. The molecule has 6 heteroatoms. The number of rotatable bonds is 3. The Balaban J connectivity index is 2.78. The van der Waals surface area contributed by atoms with Crippen molar-refractivity contribution < 1.29 is 0 Å². The van der Waals surface area contributed by atoms with Crippen molar-refractivity contribution in [3.05, 3.63) is 0 Å². The molecule has 0 spiro atoms. The number of hydrogen-bond donors (Lipinski definition) is 3. The fraction of sp³-hybridized carbons (Fsp3) is 0.667. The van der Waals surface area contributed by atoms with Crippen LogP contribution in [0.15, 0.2) is 0 Å². The van der Waals surface area contributed by atoms with Crippen molar-refractivity contribution in [2.24, 2.45) is 35.0 Å². The minimum Gasteiger partial charge on any atom is -0.393 e. The molecule has 1 aliphatic rings. The summed E-state index contributed by atoms with van der Waals surface area (Å²) in [6.45, 7) is 0. The highest BCUT2D eigenvalue weighted by molar-refractivity contribution is 7.81. The van der Waals surface area contributed by atoms with Crippen molar-refractivity contribution in [1.82, 2.24) is 0 Å². The first-order chi connectivity index (χ1) is 6.93. The van der Waals surface area contributed by atoms with E-state index in [0.717, 1.165) is 19.3 Å². The lowest BCUT2D eigenvalue weighted by Crippen LogP contribution is -2.42. The fourth-order valence-electron chi connectivity index (χ4n) is 2.08. The summed E-state index contributed by atoms with van der Waals surface area (Å²) in [6.07, 6.45) is 2.59. The maximum atomic E-state index is 5.69. The fourth-order valence-corrected chi connectivity index (χ4v) is 2.84. The van der Waals surface area contributed by atoms with Gasteiger partial charge in [-0.05, 0) is 19.3 Å². The summed E-state index contributed by atoms with van der Waals surface area (Å²) in [5, 5.41) is 0. The van der Waals surface area contributed by atoms with Crippen LogP contribution in [0.25, 0.3) is 0 Å². The third kappa shape index (κ3) is 3.06. The van der Waals surface area contributed by atoms with Crippen LogP contribution < -0.4 is 17.2 Å². The second kappa shape index (κ2) is 5.14. The topological polar surface area (TPSA) is 78.1 Å². The van der Waals surface area contributed by atoms with Crippen LogP contribution in [0.5, 0.6) is 0 Å². The second-order valence-corrected chi connectivity index (χ2v) is 5.34. The van der Waals surface area contributed by atoms with Crippen molar-refractivity contribution in [2.45, 2.75) is 19.3 Å². The van der Waals surface area contributed by atoms with Gasteiger partial charge in [-0.1, -0.05) is 36.7 Å². The summed E-state index contributed by atoms with van der Waals surface area (Å²) in [7, 11) is 0. The molecular formula is C9H15N3S3. The van der Waals surface area contributed by atoms with E-state index < -0.39 is 0 Å². The van der Waals surface area contributed by atoms with Gasteiger partial charge < -0.3 is 17.2 Å². The molecule has 6 N–H and O–H groups in total. The van der Waals surface area contributed by atoms with Crippen molar-refractivity contribution in [3.63, 3.8) is 0 Å². The van der Waals surface area contributed by atoms with E-state index >= 15 is 0 Å². The van der Waals surface area contributed by atoms with Crippen molar-refractivity contribution >= 4 is 51.6 Å². The standard InChI is InChI=1S/C9H15N3S3/c10-7(13)4-1-2-5(8(11)14)6(3-4)9(12)15/h4-6H,1-3H2,(H2,10,13)(H2,11,14)(H2,12,15). The number of thiocarbonyl (C=S) groups is 3. The third-order valence-corrected chi connectivity index (χ3v) is 3.92. The Morgan fingerprint density at radius 1 is 0.800 bits per heavy atom. The normalized spacial score (nSPS) is 30.8. The van der Waals surface area contributed by atoms with Crippen LogP contribution >= 0.6 is 36.7 Å². The zero-order valence-corrected chi connectivity index (χ0v) is 10.8. The van der Waals surface area contributed by atoms with Gasteiger partial charge in [0.05, 0.1) is 15.0 Å². The van der Waals surface area contributed by atoms with Crippen molar-refractivity contribution in [3.8, 4) is 0 Å². The summed E-state index contributed by atoms with van der Waals surface area (Å²) in [4.78, 5) is 1.50. The highest BCUT2D eigenvalue weighted by Crippen LogP contribution is 2.34. The molecule has 0 aromatic rings. The van der Waals surface area contributed by atoms with Gasteiger partial charge in [-0.3, -0.25) is 0 Å². The monoisotopic (exact) mass is 261 g/mol. The molecule has 3 nitrogen and oxygen atoms in total. The Bertz CT molecular complexity index is 303. The number of hydrogen-bond acceptors (Lipinski definition) is 3. The quantitative estimate of drug-likeness (QED) is 0.655. The Morgan fingerprint density at radius 2 is 1.33 bits per heavy atom. The zero-order chi connectivity index (χ0) is 11.6. The minimum atomic E-state index is 0.0535. The summed E-state index contributed by atoms with van der Waals surface area (Å²) < 4.78 is 0. The molecule has 0 amide bonds. The molecule has 0 heterocycles. The molecule has 3 unspecified atom stereocenters. The van der Waals surface area contributed by atoms with Gasteiger partial charge in [0.15, 0.2) is 0 Å². The molecule has 1 saturated carbocycles. The van der Waals surface area contributed by atoms with E-state index in [1.54, 1.807) is 0 Å². The molecule has 1 rings (SSSR count). The van der Waals surface area contributed by atoms with Crippen LogP contribution in [0, 0.1) is 17.8 Å². The second-order valence-electron chi connectivity index (χ2n) is 3.93.